The molecule has 1 aliphatic rings. The molecule has 1 N–H and O–H groups in total. The van der Waals surface area contributed by atoms with Gasteiger partial charge in [-0.3, -0.25) is 4.79 Å². The summed E-state index contributed by atoms with van der Waals surface area (Å²) in [5, 5.41) is 8.82. The number of nitrogens with zero attached hydrogens (tertiary/aromatic N) is 1. The highest BCUT2D eigenvalue weighted by Crippen LogP contribution is 2.15. The zero-order valence-electron chi connectivity index (χ0n) is 12.4. The molecule has 1 fully saturated rings. The summed E-state index contributed by atoms with van der Waals surface area (Å²) in [5.41, 5.74) is 2.44. The van der Waals surface area contributed by atoms with Gasteiger partial charge in [0.05, 0.1) is 18.8 Å². The van der Waals surface area contributed by atoms with E-state index in [1.807, 2.05) is 30.0 Å². The van der Waals surface area contributed by atoms with Crippen molar-refractivity contribution in [2.45, 2.75) is 19.8 Å². The number of carbonyl (C=O) groups excluding carboxylic acids is 1. The van der Waals surface area contributed by atoms with Gasteiger partial charge in [-0.1, -0.05) is 17.9 Å². The van der Waals surface area contributed by atoms with Gasteiger partial charge in [-0.15, -0.1) is 0 Å². The fourth-order valence-electron chi connectivity index (χ4n) is 2.28. The molecule has 1 aliphatic heterocycles. The average molecular weight is 287 g/mol. The van der Waals surface area contributed by atoms with Crippen LogP contribution in [0.5, 0.6) is 0 Å². The van der Waals surface area contributed by atoms with Crippen molar-refractivity contribution in [1.82, 2.24) is 4.90 Å². The Morgan fingerprint density at radius 2 is 2.24 bits per heavy atom. The Hall–Kier alpha value is -1.83. The molecular weight excluding hydrogens is 266 g/mol. The van der Waals surface area contributed by atoms with E-state index in [0.717, 1.165) is 24.1 Å². The van der Waals surface area contributed by atoms with E-state index in [1.54, 1.807) is 0 Å². The minimum Gasteiger partial charge on any atom is -0.395 e. The minimum absolute atomic E-state index is 0.00815. The van der Waals surface area contributed by atoms with Gasteiger partial charge in [0.25, 0.3) is 5.91 Å². The lowest BCUT2D eigenvalue weighted by Crippen LogP contribution is -2.33. The highest BCUT2D eigenvalue weighted by Gasteiger charge is 2.19. The average Bonchev–Trinajstić information content (AvgIpc) is 2.76. The third-order valence-corrected chi connectivity index (χ3v) is 3.37. The number of carbonyl (C=O) groups is 1. The van der Waals surface area contributed by atoms with Gasteiger partial charge in [0.15, 0.2) is 0 Å². The fourth-order valence-corrected chi connectivity index (χ4v) is 2.28. The molecule has 0 atom stereocenters. The number of benzene rings is 1. The van der Waals surface area contributed by atoms with Crippen LogP contribution in [-0.4, -0.2) is 48.8 Å². The summed E-state index contributed by atoms with van der Waals surface area (Å²) in [6.07, 6.45) is 1.28. The van der Waals surface area contributed by atoms with Crippen molar-refractivity contribution in [3.05, 3.63) is 34.9 Å². The quantitative estimate of drug-likeness (QED) is 0.840. The van der Waals surface area contributed by atoms with Crippen LogP contribution in [-0.2, 0) is 4.74 Å². The molecule has 21 heavy (non-hydrogen) atoms. The SMILES string of the molecule is Cc1ccc(C(=O)N2CCCOCC2)c(C#CCCO)c1. The second-order valence-electron chi connectivity index (χ2n) is 5.08. The molecule has 0 bridgehead atoms. The van der Waals surface area contributed by atoms with Gasteiger partial charge < -0.3 is 14.7 Å². The van der Waals surface area contributed by atoms with Crippen LogP contribution in [0, 0.1) is 18.8 Å². The van der Waals surface area contributed by atoms with Gasteiger partial charge in [0.2, 0.25) is 0 Å². The van der Waals surface area contributed by atoms with Crippen molar-refractivity contribution >= 4 is 5.91 Å². The molecule has 1 heterocycles. The number of aliphatic hydroxyl groups is 1. The summed E-state index contributed by atoms with van der Waals surface area (Å²) in [7, 11) is 0. The molecule has 0 radical (unpaired) electrons. The van der Waals surface area contributed by atoms with Crippen molar-refractivity contribution in [2.75, 3.05) is 32.9 Å². The summed E-state index contributed by atoms with van der Waals surface area (Å²) in [6, 6.07) is 5.69. The zero-order chi connectivity index (χ0) is 15.1. The van der Waals surface area contributed by atoms with Crippen molar-refractivity contribution in [1.29, 1.82) is 0 Å². The Labute approximate surface area is 125 Å². The van der Waals surface area contributed by atoms with E-state index in [1.165, 1.54) is 0 Å². The van der Waals surface area contributed by atoms with Crippen LogP contribution >= 0.6 is 0 Å². The van der Waals surface area contributed by atoms with E-state index in [9.17, 15) is 4.79 Å². The molecule has 1 amide bonds. The van der Waals surface area contributed by atoms with Crippen molar-refractivity contribution in [2.24, 2.45) is 0 Å². The molecule has 0 spiro atoms. The highest BCUT2D eigenvalue weighted by atomic mass is 16.5. The number of ether oxygens (including phenoxy) is 1. The normalized spacial score (nSPS) is 15.0. The third kappa shape index (κ3) is 4.32. The van der Waals surface area contributed by atoms with E-state index >= 15 is 0 Å². The number of amides is 1. The Bertz CT molecular complexity index is 549. The van der Waals surface area contributed by atoms with Crippen LogP contribution in [0.3, 0.4) is 0 Å². The van der Waals surface area contributed by atoms with Gasteiger partial charge in [-0.05, 0) is 31.0 Å². The van der Waals surface area contributed by atoms with E-state index in [-0.39, 0.29) is 12.5 Å². The standard InChI is InChI=1S/C17H21NO3/c1-14-6-7-16(15(13-14)5-2-3-10-19)17(20)18-8-4-11-21-12-9-18/h6-7,13,19H,3-4,8-12H2,1H3. The van der Waals surface area contributed by atoms with Gasteiger partial charge in [0.1, 0.15) is 0 Å². The predicted molar refractivity (Wildman–Crippen MR) is 81.1 cm³/mol. The first-order chi connectivity index (χ1) is 10.2. The highest BCUT2D eigenvalue weighted by molar-refractivity contribution is 5.96. The smallest absolute Gasteiger partial charge is 0.255 e. The van der Waals surface area contributed by atoms with Crippen LogP contribution in [0.15, 0.2) is 18.2 Å². The van der Waals surface area contributed by atoms with Crippen molar-refractivity contribution < 1.29 is 14.6 Å². The molecule has 2 rings (SSSR count). The monoisotopic (exact) mass is 287 g/mol. The second kappa shape index (κ2) is 7.82. The summed E-state index contributed by atoms with van der Waals surface area (Å²) in [6.45, 7) is 4.65. The Morgan fingerprint density at radius 1 is 1.38 bits per heavy atom. The molecule has 1 saturated heterocycles. The van der Waals surface area contributed by atoms with Gasteiger partial charge in [0, 0.05) is 31.7 Å². The Balaban J connectivity index is 2.25. The lowest BCUT2D eigenvalue weighted by atomic mass is 10.0. The van der Waals surface area contributed by atoms with Crippen LogP contribution in [0.2, 0.25) is 0 Å². The molecule has 0 saturated carbocycles. The largest absolute Gasteiger partial charge is 0.395 e. The summed E-state index contributed by atoms with van der Waals surface area (Å²) in [4.78, 5) is 14.5. The molecular formula is C17H21NO3. The first kappa shape index (κ1) is 15.6. The fraction of sp³-hybridized carbons (Fsp3) is 0.471. The number of hydrogen-bond donors (Lipinski definition) is 1. The predicted octanol–water partition coefficient (Wildman–Crippen LogP) is 1.59. The Morgan fingerprint density at radius 3 is 3.05 bits per heavy atom. The number of aryl methyl sites for hydroxylation is 1. The van der Waals surface area contributed by atoms with Crippen LogP contribution in [0.25, 0.3) is 0 Å². The van der Waals surface area contributed by atoms with Crippen LogP contribution < -0.4 is 0 Å². The molecule has 1 aromatic rings. The third-order valence-electron chi connectivity index (χ3n) is 3.37. The van der Waals surface area contributed by atoms with Gasteiger partial charge in [-0.25, -0.2) is 0 Å². The number of hydrogen-bond acceptors (Lipinski definition) is 3. The van der Waals surface area contributed by atoms with E-state index in [2.05, 4.69) is 11.8 Å². The molecule has 4 heteroatoms. The first-order valence-electron chi connectivity index (χ1n) is 7.30. The van der Waals surface area contributed by atoms with Crippen LogP contribution in [0.1, 0.15) is 34.3 Å². The first-order valence-corrected chi connectivity index (χ1v) is 7.30. The molecule has 112 valence electrons. The minimum atomic E-state index is 0.00815. The molecule has 0 aromatic heterocycles. The number of aliphatic hydroxyl groups excluding tert-OH is 1. The maximum absolute atomic E-state index is 12.7. The van der Waals surface area contributed by atoms with Crippen molar-refractivity contribution in [3.8, 4) is 11.8 Å². The number of rotatable bonds is 2. The summed E-state index contributed by atoms with van der Waals surface area (Å²) in [5.74, 6) is 5.90. The van der Waals surface area contributed by atoms with E-state index in [0.29, 0.717) is 31.7 Å². The van der Waals surface area contributed by atoms with E-state index < -0.39 is 0 Å². The van der Waals surface area contributed by atoms with Gasteiger partial charge in [-0.2, -0.15) is 0 Å². The Kier molecular flexibility index (Phi) is 5.79. The van der Waals surface area contributed by atoms with Crippen molar-refractivity contribution in [3.63, 3.8) is 0 Å². The summed E-state index contributed by atoms with van der Waals surface area (Å²) < 4.78 is 5.39. The summed E-state index contributed by atoms with van der Waals surface area (Å²) >= 11 is 0. The maximum atomic E-state index is 12.7. The molecule has 0 unspecified atom stereocenters. The topological polar surface area (TPSA) is 49.8 Å². The van der Waals surface area contributed by atoms with Crippen LogP contribution in [0.4, 0.5) is 0 Å². The molecule has 1 aromatic carbocycles. The van der Waals surface area contributed by atoms with Gasteiger partial charge >= 0.3 is 0 Å². The lowest BCUT2D eigenvalue weighted by molar-refractivity contribution is 0.0741. The second-order valence-corrected chi connectivity index (χ2v) is 5.08. The lowest BCUT2D eigenvalue weighted by Gasteiger charge is -2.20. The zero-order valence-corrected chi connectivity index (χ0v) is 12.4. The molecule has 4 nitrogen and oxygen atoms in total. The van der Waals surface area contributed by atoms with E-state index in [4.69, 9.17) is 9.84 Å². The maximum Gasteiger partial charge on any atom is 0.255 e. The molecule has 0 aliphatic carbocycles.